The van der Waals surface area contributed by atoms with Gasteiger partial charge < -0.3 is 9.47 Å². The second-order valence-electron chi connectivity index (χ2n) is 4.73. The molecule has 0 aliphatic carbocycles. The highest BCUT2D eigenvalue weighted by Gasteiger charge is 2.26. The SMILES string of the molecule is COc1cc(OC)nc(Cc2cccc(I)c2NS(=O)(=O)C(F)F)n1. The molecule has 1 heterocycles. The molecule has 1 N–H and O–H groups in total. The van der Waals surface area contributed by atoms with Crippen LogP contribution in [0.4, 0.5) is 14.5 Å². The number of hydrogen-bond acceptors (Lipinski definition) is 6. The van der Waals surface area contributed by atoms with Crippen molar-refractivity contribution in [3.05, 3.63) is 39.2 Å². The topological polar surface area (TPSA) is 90.4 Å². The first-order valence-electron chi connectivity index (χ1n) is 6.80. The average Bonchev–Trinajstić information content (AvgIpc) is 2.57. The molecule has 136 valence electrons. The lowest BCUT2D eigenvalue weighted by Gasteiger charge is -2.14. The molecule has 2 rings (SSSR count). The number of aromatic nitrogens is 2. The van der Waals surface area contributed by atoms with Gasteiger partial charge in [-0.15, -0.1) is 0 Å². The van der Waals surface area contributed by atoms with Crippen LogP contribution < -0.4 is 14.2 Å². The zero-order valence-corrected chi connectivity index (χ0v) is 16.1. The van der Waals surface area contributed by atoms with Gasteiger partial charge in [0, 0.05) is 9.99 Å². The first-order valence-corrected chi connectivity index (χ1v) is 9.42. The number of halogens is 3. The van der Waals surface area contributed by atoms with Crippen molar-refractivity contribution in [1.82, 2.24) is 9.97 Å². The van der Waals surface area contributed by atoms with Crippen LogP contribution in [0.3, 0.4) is 0 Å². The van der Waals surface area contributed by atoms with Gasteiger partial charge in [0.25, 0.3) is 10.0 Å². The monoisotopic (exact) mass is 485 g/mol. The Bertz CT molecular complexity index is 843. The van der Waals surface area contributed by atoms with Crippen molar-refractivity contribution in [3.63, 3.8) is 0 Å². The Balaban J connectivity index is 2.43. The number of nitrogens with one attached hydrogen (secondary N) is 1. The molecular formula is C14H14F2IN3O4S. The first-order chi connectivity index (χ1) is 11.8. The molecule has 11 heteroatoms. The predicted octanol–water partition coefficient (Wildman–Crippen LogP) is 2.65. The number of rotatable bonds is 7. The van der Waals surface area contributed by atoms with Crippen molar-refractivity contribution in [2.75, 3.05) is 18.9 Å². The third-order valence-corrected chi connectivity index (χ3v) is 4.93. The Labute approximate surface area is 157 Å². The molecule has 0 aliphatic rings. The van der Waals surface area contributed by atoms with E-state index in [9.17, 15) is 17.2 Å². The number of hydrogen-bond donors (Lipinski definition) is 1. The third-order valence-electron chi connectivity index (χ3n) is 3.07. The summed E-state index contributed by atoms with van der Waals surface area (Å²) in [6.45, 7) is 0. The van der Waals surface area contributed by atoms with E-state index in [0.29, 0.717) is 9.13 Å². The molecule has 1 aromatic carbocycles. The maximum absolute atomic E-state index is 12.7. The van der Waals surface area contributed by atoms with Gasteiger partial charge >= 0.3 is 5.76 Å². The zero-order valence-electron chi connectivity index (χ0n) is 13.2. The summed E-state index contributed by atoms with van der Waals surface area (Å²) in [4.78, 5) is 8.31. The summed E-state index contributed by atoms with van der Waals surface area (Å²) in [5, 5.41) is 0. The highest BCUT2D eigenvalue weighted by molar-refractivity contribution is 14.1. The van der Waals surface area contributed by atoms with Crippen LogP contribution in [0.2, 0.25) is 0 Å². The molecule has 0 fully saturated rings. The fraction of sp³-hybridized carbons (Fsp3) is 0.286. The standard InChI is InChI=1S/C14H14F2IN3O4S/c1-23-11-7-12(24-2)19-10(18-11)6-8-4-3-5-9(17)13(8)20-25(21,22)14(15)16/h3-5,7,14,20H,6H2,1-2H3. The van der Waals surface area contributed by atoms with E-state index in [1.807, 2.05) is 27.3 Å². The Morgan fingerprint density at radius 2 is 1.80 bits per heavy atom. The highest BCUT2D eigenvalue weighted by Crippen LogP contribution is 2.27. The van der Waals surface area contributed by atoms with Crippen LogP contribution in [0.1, 0.15) is 11.4 Å². The van der Waals surface area contributed by atoms with E-state index in [1.54, 1.807) is 18.2 Å². The van der Waals surface area contributed by atoms with E-state index >= 15 is 0 Å². The largest absolute Gasteiger partial charge is 0.481 e. The fourth-order valence-corrected chi connectivity index (χ4v) is 3.41. The number of nitrogens with zero attached hydrogens (tertiary/aromatic N) is 2. The third kappa shape index (κ3) is 4.87. The van der Waals surface area contributed by atoms with E-state index in [1.165, 1.54) is 20.3 Å². The lowest BCUT2D eigenvalue weighted by molar-refractivity contribution is 0.236. The molecule has 2 aromatic rings. The van der Waals surface area contributed by atoms with Crippen LogP contribution in [0.15, 0.2) is 24.3 Å². The van der Waals surface area contributed by atoms with E-state index < -0.39 is 15.8 Å². The van der Waals surface area contributed by atoms with Gasteiger partial charge in [-0.25, -0.2) is 8.42 Å². The number of sulfonamides is 1. The van der Waals surface area contributed by atoms with Crippen LogP contribution in [0, 0.1) is 3.57 Å². The average molecular weight is 485 g/mol. The second-order valence-corrected chi connectivity index (χ2v) is 7.54. The molecule has 25 heavy (non-hydrogen) atoms. The fourth-order valence-electron chi connectivity index (χ4n) is 1.93. The zero-order chi connectivity index (χ0) is 18.6. The van der Waals surface area contributed by atoms with Crippen molar-refractivity contribution >= 4 is 38.3 Å². The van der Waals surface area contributed by atoms with Crippen molar-refractivity contribution in [3.8, 4) is 11.8 Å². The number of ether oxygens (including phenoxy) is 2. The lowest BCUT2D eigenvalue weighted by atomic mass is 10.1. The molecule has 7 nitrogen and oxygen atoms in total. The summed E-state index contributed by atoms with van der Waals surface area (Å²) in [5.74, 6) is -2.72. The van der Waals surface area contributed by atoms with Crippen LogP contribution in [-0.4, -0.2) is 38.4 Å². The van der Waals surface area contributed by atoms with Crippen LogP contribution in [0.25, 0.3) is 0 Å². The van der Waals surface area contributed by atoms with Gasteiger partial charge in [0.1, 0.15) is 5.82 Å². The molecule has 0 bridgehead atoms. The molecule has 0 spiro atoms. The highest BCUT2D eigenvalue weighted by atomic mass is 127. The minimum Gasteiger partial charge on any atom is -0.481 e. The summed E-state index contributed by atoms with van der Waals surface area (Å²) in [6.07, 6.45) is 0.0888. The van der Waals surface area contributed by atoms with Crippen molar-refractivity contribution in [2.45, 2.75) is 12.2 Å². The Morgan fingerprint density at radius 1 is 1.20 bits per heavy atom. The van der Waals surface area contributed by atoms with E-state index in [4.69, 9.17) is 9.47 Å². The lowest BCUT2D eigenvalue weighted by Crippen LogP contribution is -2.22. The van der Waals surface area contributed by atoms with Crippen LogP contribution in [-0.2, 0) is 16.4 Å². The summed E-state index contributed by atoms with van der Waals surface area (Å²) < 4.78 is 60.9. The number of benzene rings is 1. The second kappa shape index (κ2) is 8.08. The van der Waals surface area contributed by atoms with Gasteiger partial charge in [0.2, 0.25) is 11.8 Å². The Hall–Kier alpha value is -1.76. The Morgan fingerprint density at radius 3 is 2.32 bits per heavy atom. The summed E-state index contributed by atoms with van der Waals surface area (Å²) >= 11 is 1.86. The van der Waals surface area contributed by atoms with Gasteiger partial charge in [-0.3, -0.25) is 4.72 Å². The first kappa shape index (κ1) is 19.6. The minimum absolute atomic E-state index is 0.0637. The molecule has 0 radical (unpaired) electrons. The van der Waals surface area contributed by atoms with E-state index in [0.717, 1.165) is 0 Å². The molecule has 1 aromatic heterocycles. The molecule has 0 amide bonds. The molecule has 0 unspecified atom stereocenters. The Kier molecular flexibility index (Phi) is 6.32. The number of methoxy groups -OCH3 is 2. The van der Waals surface area contributed by atoms with Crippen LogP contribution >= 0.6 is 22.6 Å². The summed E-state index contributed by atoms with van der Waals surface area (Å²) in [7, 11) is -1.93. The van der Waals surface area contributed by atoms with E-state index in [2.05, 4.69) is 9.97 Å². The van der Waals surface area contributed by atoms with Gasteiger partial charge in [-0.05, 0) is 34.2 Å². The van der Waals surface area contributed by atoms with Gasteiger partial charge in [-0.2, -0.15) is 18.7 Å². The van der Waals surface area contributed by atoms with Crippen molar-refractivity contribution < 1.29 is 26.7 Å². The smallest absolute Gasteiger partial charge is 0.355 e. The van der Waals surface area contributed by atoms with Crippen molar-refractivity contribution in [2.24, 2.45) is 0 Å². The molecule has 0 saturated heterocycles. The summed E-state index contributed by atoms with van der Waals surface area (Å²) in [6, 6.07) is 6.36. The van der Waals surface area contributed by atoms with Crippen LogP contribution in [0.5, 0.6) is 11.8 Å². The molecular weight excluding hydrogens is 471 g/mol. The van der Waals surface area contributed by atoms with Gasteiger partial charge in [0.15, 0.2) is 0 Å². The molecule has 0 aliphatic heterocycles. The maximum atomic E-state index is 12.7. The minimum atomic E-state index is -4.79. The number of alkyl halides is 2. The maximum Gasteiger partial charge on any atom is 0.355 e. The number of anilines is 1. The van der Waals surface area contributed by atoms with Gasteiger partial charge in [-0.1, -0.05) is 12.1 Å². The molecule has 0 atom stereocenters. The molecule has 0 saturated carbocycles. The van der Waals surface area contributed by atoms with E-state index in [-0.39, 0.29) is 29.7 Å². The van der Waals surface area contributed by atoms with Gasteiger partial charge in [0.05, 0.1) is 26.0 Å². The number of para-hydroxylation sites is 1. The summed E-state index contributed by atoms with van der Waals surface area (Å²) in [5.41, 5.74) is 0.500. The normalized spacial score (nSPS) is 11.4. The quantitative estimate of drug-likeness (QED) is 0.607. The predicted molar refractivity (Wildman–Crippen MR) is 95.6 cm³/mol. The van der Waals surface area contributed by atoms with Crippen molar-refractivity contribution in [1.29, 1.82) is 0 Å².